The summed E-state index contributed by atoms with van der Waals surface area (Å²) in [7, 11) is 0. The zero-order chi connectivity index (χ0) is 16.4. The predicted molar refractivity (Wildman–Crippen MR) is 91.4 cm³/mol. The first-order chi connectivity index (χ1) is 10.9. The molecule has 0 aromatic heterocycles. The lowest BCUT2D eigenvalue weighted by Crippen LogP contribution is -2.44. The zero-order valence-electron chi connectivity index (χ0n) is 14.5. The maximum atomic E-state index is 12.3. The van der Waals surface area contributed by atoms with E-state index in [4.69, 9.17) is 0 Å². The molecule has 124 valence electrons. The highest BCUT2D eigenvalue weighted by Crippen LogP contribution is 2.64. The summed E-state index contributed by atoms with van der Waals surface area (Å²) in [5.41, 5.74) is 3.03. The van der Waals surface area contributed by atoms with Gasteiger partial charge in [-0.2, -0.15) is 0 Å². The first-order valence-corrected chi connectivity index (χ1v) is 9.24. The second-order valence-corrected chi connectivity index (χ2v) is 8.64. The molecule has 0 aliphatic heterocycles. The molecule has 4 unspecified atom stereocenters. The van der Waals surface area contributed by atoms with Crippen molar-refractivity contribution in [1.82, 2.24) is 0 Å². The van der Waals surface area contributed by atoms with Crippen molar-refractivity contribution >= 4 is 5.78 Å². The summed E-state index contributed by atoms with van der Waals surface area (Å²) in [6, 6.07) is 5.98. The normalized spacial score (nSPS) is 41.8. The van der Waals surface area contributed by atoms with Crippen LogP contribution in [0.3, 0.4) is 0 Å². The SMILES string of the molecule is CC(=O)C1[C@H](C)CC2C3CCc4cc(O)ccc4C3CC[C@@]21C. The maximum Gasteiger partial charge on any atom is 0.133 e. The van der Waals surface area contributed by atoms with E-state index in [1.54, 1.807) is 6.92 Å². The smallest absolute Gasteiger partial charge is 0.133 e. The van der Waals surface area contributed by atoms with Crippen LogP contribution in [0.25, 0.3) is 0 Å². The van der Waals surface area contributed by atoms with Gasteiger partial charge in [-0.1, -0.05) is 19.9 Å². The van der Waals surface area contributed by atoms with Crippen molar-refractivity contribution in [2.45, 2.75) is 58.8 Å². The van der Waals surface area contributed by atoms with Crippen molar-refractivity contribution in [3.63, 3.8) is 0 Å². The minimum Gasteiger partial charge on any atom is -0.508 e. The van der Waals surface area contributed by atoms with Gasteiger partial charge in [-0.25, -0.2) is 0 Å². The molecule has 6 atom stereocenters. The maximum absolute atomic E-state index is 12.3. The first-order valence-electron chi connectivity index (χ1n) is 9.24. The standard InChI is InChI=1S/C21H28O2/c1-12-10-19-18-6-4-14-11-15(23)5-7-16(14)17(18)8-9-21(19,3)20(12)13(2)22/h5,7,11-12,17-20,23H,4,6,8-10H2,1-3H3/t12-,17?,18?,19?,20?,21+/m1/s1. The molecule has 3 aliphatic rings. The van der Waals surface area contributed by atoms with Crippen molar-refractivity contribution in [1.29, 1.82) is 0 Å². The van der Waals surface area contributed by atoms with Crippen LogP contribution in [0.1, 0.15) is 63.5 Å². The molecule has 0 radical (unpaired) electrons. The summed E-state index contributed by atoms with van der Waals surface area (Å²) in [5, 5.41) is 9.77. The number of benzene rings is 1. The fourth-order valence-electron chi connectivity index (χ4n) is 6.80. The highest BCUT2D eigenvalue weighted by atomic mass is 16.3. The lowest BCUT2D eigenvalue weighted by atomic mass is 9.54. The fraction of sp³-hybridized carbons (Fsp3) is 0.667. The second-order valence-electron chi connectivity index (χ2n) is 8.64. The Morgan fingerprint density at radius 2 is 2.09 bits per heavy atom. The number of rotatable bonds is 1. The summed E-state index contributed by atoms with van der Waals surface area (Å²) in [6.07, 6.45) is 5.89. The largest absolute Gasteiger partial charge is 0.508 e. The van der Waals surface area contributed by atoms with Gasteiger partial charge in [0.15, 0.2) is 0 Å². The minimum atomic E-state index is 0.209. The Balaban J connectivity index is 1.71. The molecular weight excluding hydrogens is 284 g/mol. The molecule has 2 fully saturated rings. The number of phenolic OH excluding ortho intramolecular Hbond substituents is 1. The highest BCUT2D eigenvalue weighted by Gasteiger charge is 2.58. The molecule has 1 N–H and O–H groups in total. The summed E-state index contributed by atoms with van der Waals surface area (Å²) in [6.45, 7) is 6.50. The molecule has 1 aromatic carbocycles. The number of phenols is 1. The highest BCUT2D eigenvalue weighted by molar-refractivity contribution is 5.80. The number of aromatic hydroxyl groups is 1. The van der Waals surface area contributed by atoms with Crippen LogP contribution in [0, 0.1) is 29.1 Å². The van der Waals surface area contributed by atoms with E-state index in [0.29, 0.717) is 29.3 Å². The van der Waals surface area contributed by atoms with Gasteiger partial charge in [-0.05, 0) is 91.4 Å². The summed E-state index contributed by atoms with van der Waals surface area (Å²) < 4.78 is 0. The lowest BCUT2D eigenvalue weighted by molar-refractivity contribution is -0.127. The number of aryl methyl sites for hydroxylation is 1. The molecule has 23 heavy (non-hydrogen) atoms. The third-order valence-corrected chi connectivity index (χ3v) is 7.49. The second kappa shape index (κ2) is 5.09. The number of fused-ring (bicyclic) bond motifs is 5. The molecule has 0 saturated heterocycles. The molecule has 4 rings (SSSR count). The van der Waals surface area contributed by atoms with E-state index in [-0.39, 0.29) is 11.3 Å². The van der Waals surface area contributed by atoms with E-state index in [2.05, 4.69) is 19.9 Å². The summed E-state index contributed by atoms with van der Waals surface area (Å²) >= 11 is 0. The van der Waals surface area contributed by atoms with Gasteiger partial charge in [0.05, 0.1) is 0 Å². The number of ketones is 1. The third kappa shape index (κ3) is 2.10. The number of hydrogen-bond donors (Lipinski definition) is 1. The average molecular weight is 312 g/mol. The number of hydrogen-bond acceptors (Lipinski definition) is 2. The van der Waals surface area contributed by atoms with Crippen molar-refractivity contribution < 1.29 is 9.90 Å². The van der Waals surface area contributed by atoms with Gasteiger partial charge in [0.25, 0.3) is 0 Å². The van der Waals surface area contributed by atoms with Crippen molar-refractivity contribution in [3.05, 3.63) is 29.3 Å². The van der Waals surface area contributed by atoms with Gasteiger partial charge < -0.3 is 5.11 Å². The summed E-state index contributed by atoms with van der Waals surface area (Å²) in [5.74, 6) is 3.63. The number of carbonyl (C=O) groups excluding carboxylic acids is 1. The molecule has 0 bridgehead atoms. The van der Waals surface area contributed by atoms with E-state index < -0.39 is 0 Å². The summed E-state index contributed by atoms with van der Waals surface area (Å²) in [4.78, 5) is 12.3. The van der Waals surface area contributed by atoms with Crippen LogP contribution >= 0.6 is 0 Å². The van der Waals surface area contributed by atoms with Crippen LogP contribution in [-0.2, 0) is 11.2 Å². The average Bonchev–Trinajstić information content (AvgIpc) is 2.77. The quantitative estimate of drug-likeness (QED) is 0.816. The Morgan fingerprint density at radius 3 is 2.83 bits per heavy atom. The van der Waals surface area contributed by atoms with Gasteiger partial charge in [0.1, 0.15) is 11.5 Å². The van der Waals surface area contributed by atoms with Crippen LogP contribution in [0.5, 0.6) is 5.75 Å². The van der Waals surface area contributed by atoms with Gasteiger partial charge >= 0.3 is 0 Å². The molecule has 2 saturated carbocycles. The Hall–Kier alpha value is -1.31. The molecule has 1 aromatic rings. The molecule has 0 heterocycles. The van der Waals surface area contributed by atoms with Crippen LogP contribution < -0.4 is 0 Å². The Bertz CT molecular complexity index is 649. The van der Waals surface area contributed by atoms with Crippen LogP contribution in [-0.4, -0.2) is 10.9 Å². The van der Waals surface area contributed by atoms with Crippen molar-refractivity contribution in [2.75, 3.05) is 0 Å². The molecule has 0 spiro atoms. The predicted octanol–water partition coefficient (Wildman–Crippen LogP) is 4.70. The zero-order valence-corrected chi connectivity index (χ0v) is 14.5. The first kappa shape index (κ1) is 15.2. The number of Topliss-reactive ketones (excluding diaryl/α,β-unsaturated/α-hetero) is 1. The third-order valence-electron chi connectivity index (χ3n) is 7.49. The van der Waals surface area contributed by atoms with Crippen LogP contribution in [0.2, 0.25) is 0 Å². The lowest BCUT2D eigenvalue weighted by Gasteiger charge is -2.50. The topological polar surface area (TPSA) is 37.3 Å². The van der Waals surface area contributed by atoms with Crippen LogP contribution in [0.4, 0.5) is 0 Å². The minimum absolute atomic E-state index is 0.209. The molecule has 3 aliphatic carbocycles. The fourth-order valence-corrected chi connectivity index (χ4v) is 6.80. The van der Waals surface area contributed by atoms with E-state index >= 15 is 0 Å². The van der Waals surface area contributed by atoms with Crippen molar-refractivity contribution in [2.24, 2.45) is 29.1 Å². The van der Waals surface area contributed by atoms with Crippen LogP contribution in [0.15, 0.2) is 18.2 Å². The Kier molecular flexibility index (Phi) is 3.37. The molecular formula is C21H28O2. The van der Waals surface area contributed by atoms with Gasteiger partial charge in [0, 0.05) is 5.92 Å². The van der Waals surface area contributed by atoms with Gasteiger partial charge in [0.2, 0.25) is 0 Å². The Morgan fingerprint density at radius 1 is 1.30 bits per heavy atom. The molecule has 2 nitrogen and oxygen atoms in total. The van der Waals surface area contributed by atoms with E-state index in [0.717, 1.165) is 12.3 Å². The van der Waals surface area contributed by atoms with Gasteiger partial charge in [-0.3, -0.25) is 4.79 Å². The van der Waals surface area contributed by atoms with E-state index in [1.165, 1.54) is 36.8 Å². The van der Waals surface area contributed by atoms with E-state index in [1.807, 2.05) is 12.1 Å². The van der Waals surface area contributed by atoms with E-state index in [9.17, 15) is 9.90 Å². The van der Waals surface area contributed by atoms with Gasteiger partial charge in [-0.15, -0.1) is 0 Å². The monoisotopic (exact) mass is 312 g/mol. The Labute approximate surface area is 139 Å². The molecule has 2 heteroatoms. The number of carbonyl (C=O) groups is 1. The van der Waals surface area contributed by atoms with Crippen molar-refractivity contribution in [3.8, 4) is 5.75 Å². The molecule has 0 amide bonds.